The van der Waals surface area contributed by atoms with Gasteiger partial charge in [-0.05, 0) is 42.5 Å². The second-order valence-electron chi connectivity index (χ2n) is 4.53. The summed E-state index contributed by atoms with van der Waals surface area (Å²) in [5.41, 5.74) is 0.639. The summed E-state index contributed by atoms with van der Waals surface area (Å²) in [6.07, 6.45) is 0.261. The molecule has 0 saturated heterocycles. The number of anilines is 1. The van der Waals surface area contributed by atoms with Crippen molar-refractivity contribution in [2.75, 3.05) is 5.32 Å². The van der Waals surface area contributed by atoms with Gasteiger partial charge in [-0.1, -0.05) is 52.5 Å². The van der Waals surface area contributed by atoms with Gasteiger partial charge in [0, 0.05) is 10.7 Å². The van der Waals surface area contributed by atoms with Gasteiger partial charge in [-0.15, -0.1) is 0 Å². The van der Waals surface area contributed by atoms with E-state index in [0.29, 0.717) is 10.7 Å². The Labute approximate surface area is 163 Å². The van der Waals surface area contributed by atoms with Crippen LogP contribution in [-0.4, -0.2) is 21.0 Å². The van der Waals surface area contributed by atoms with Crippen LogP contribution in [0.15, 0.2) is 47.1 Å². The summed E-state index contributed by atoms with van der Waals surface area (Å²) in [4.78, 5) is 12.0. The third-order valence-corrected chi connectivity index (χ3v) is 3.82. The van der Waals surface area contributed by atoms with E-state index >= 15 is 0 Å². The molecular weight excluding hydrogens is 416 g/mol. The topological polar surface area (TPSA) is 66.3 Å². The van der Waals surface area contributed by atoms with Gasteiger partial charge < -0.3 is 20.4 Å². The number of furan rings is 1. The van der Waals surface area contributed by atoms with E-state index in [-0.39, 0.29) is 10.9 Å². The van der Waals surface area contributed by atoms with Crippen molar-refractivity contribution in [1.29, 1.82) is 0 Å². The van der Waals surface area contributed by atoms with Gasteiger partial charge in [0.05, 0.1) is 6.26 Å². The number of amides is 1. The first kappa shape index (κ1) is 19.1. The summed E-state index contributed by atoms with van der Waals surface area (Å²) >= 11 is 28.7. The van der Waals surface area contributed by atoms with E-state index in [1.54, 1.807) is 30.3 Å². The van der Waals surface area contributed by atoms with Crippen LogP contribution in [0.4, 0.5) is 5.69 Å². The quantitative estimate of drug-likeness (QED) is 0.385. The van der Waals surface area contributed by atoms with Gasteiger partial charge in [0.1, 0.15) is 6.17 Å². The first-order valence-corrected chi connectivity index (χ1v) is 8.42. The number of carbonyl (C=O) groups excluding carboxylic acids is 1. The van der Waals surface area contributed by atoms with Gasteiger partial charge in [0.15, 0.2) is 10.9 Å². The third kappa shape index (κ3) is 5.72. The van der Waals surface area contributed by atoms with Crippen molar-refractivity contribution in [3.8, 4) is 0 Å². The molecule has 0 radical (unpaired) electrons. The molecule has 0 aliphatic heterocycles. The number of benzene rings is 1. The van der Waals surface area contributed by atoms with Gasteiger partial charge in [-0.25, -0.2) is 0 Å². The van der Waals surface area contributed by atoms with Gasteiger partial charge >= 0.3 is 0 Å². The molecule has 0 bridgehead atoms. The van der Waals surface area contributed by atoms with Crippen molar-refractivity contribution < 1.29 is 9.21 Å². The molecule has 128 valence electrons. The lowest BCUT2D eigenvalue weighted by Crippen LogP contribution is -2.56. The lowest BCUT2D eigenvalue weighted by molar-refractivity contribution is 0.0906. The van der Waals surface area contributed by atoms with Crippen LogP contribution in [0, 0.1) is 0 Å². The molecule has 1 atom stereocenters. The Hall–Kier alpha value is -1.18. The molecule has 0 aliphatic rings. The predicted octanol–water partition coefficient (Wildman–Crippen LogP) is 4.35. The van der Waals surface area contributed by atoms with Gasteiger partial charge in [0.2, 0.25) is 3.79 Å². The molecule has 0 unspecified atom stereocenters. The fourth-order valence-corrected chi connectivity index (χ4v) is 2.43. The van der Waals surface area contributed by atoms with Gasteiger partial charge in [-0.3, -0.25) is 4.79 Å². The van der Waals surface area contributed by atoms with Crippen molar-refractivity contribution in [3.63, 3.8) is 0 Å². The first-order chi connectivity index (χ1) is 11.3. The molecule has 10 heteroatoms. The second-order valence-corrected chi connectivity index (χ2v) is 7.75. The van der Waals surface area contributed by atoms with E-state index in [2.05, 4.69) is 16.0 Å². The van der Waals surface area contributed by atoms with E-state index in [1.807, 2.05) is 0 Å². The predicted molar refractivity (Wildman–Crippen MR) is 101 cm³/mol. The van der Waals surface area contributed by atoms with Crippen LogP contribution >= 0.6 is 58.6 Å². The number of alkyl halides is 3. The highest BCUT2D eigenvalue weighted by Gasteiger charge is 2.35. The largest absolute Gasteiger partial charge is 0.459 e. The number of hydrogen-bond acceptors (Lipinski definition) is 3. The average Bonchev–Trinajstić information content (AvgIpc) is 2.99. The molecule has 2 rings (SSSR count). The van der Waals surface area contributed by atoms with Crippen LogP contribution in [-0.2, 0) is 0 Å². The normalized spacial score (nSPS) is 12.3. The van der Waals surface area contributed by atoms with Gasteiger partial charge in [-0.2, -0.15) is 0 Å². The molecule has 3 N–H and O–H groups in total. The third-order valence-electron chi connectivity index (χ3n) is 2.71. The highest BCUT2D eigenvalue weighted by atomic mass is 35.6. The Morgan fingerprint density at radius 1 is 1.17 bits per heavy atom. The number of nitrogens with one attached hydrogen (secondary N) is 3. The van der Waals surface area contributed by atoms with E-state index in [9.17, 15) is 4.79 Å². The maximum absolute atomic E-state index is 12.0. The lowest BCUT2D eigenvalue weighted by Gasteiger charge is -2.27. The molecule has 0 aliphatic carbocycles. The summed E-state index contributed by atoms with van der Waals surface area (Å²) < 4.78 is 3.13. The first-order valence-electron chi connectivity index (χ1n) is 6.50. The van der Waals surface area contributed by atoms with Crippen LogP contribution in [0.2, 0.25) is 5.02 Å². The average molecular weight is 427 g/mol. The Morgan fingerprint density at radius 2 is 1.92 bits per heavy atom. The van der Waals surface area contributed by atoms with Crippen molar-refractivity contribution in [2.45, 2.75) is 9.96 Å². The minimum Gasteiger partial charge on any atom is -0.459 e. The number of rotatable bonds is 4. The molecule has 0 spiro atoms. The number of halogens is 4. The molecule has 24 heavy (non-hydrogen) atoms. The van der Waals surface area contributed by atoms with Crippen LogP contribution in [0.3, 0.4) is 0 Å². The van der Waals surface area contributed by atoms with Crippen molar-refractivity contribution in [2.24, 2.45) is 0 Å². The second kappa shape index (κ2) is 8.27. The number of hydrogen-bond donors (Lipinski definition) is 3. The van der Waals surface area contributed by atoms with E-state index in [1.165, 1.54) is 12.3 Å². The summed E-state index contributed by atoms with van der Waals surface area (Å²) in [5, 5.41) is 8.77. The summed E-state index contributed by atoms with van der Waals surface area (Å²) in [6.45, 7) is 0. The Balaban J connectivity index is 2.03. The Morgan fingerprint density at radius 3 is 2.50 bits per heavy atom. The van der Waals surface area contributed by atoms with Crippen molar-refractivity contribution >= 4 is 75.3 Å². The minimum absolute atomic E-state index is 0.0739. The summed E-state index contributed by atoms with van der Waals surface area (Å²) in [6, 6.07) is 9.94. The van der Waals surface area contributed by atoms with Gasteiger partial charge in [0.25, 0.3) is 5.91 Å². The zero-order chi connectivity index (χ0) is 17.7. The van der Waals surface area contributed by atoms with E-state index in [4.69, 9.17) is 63.0 Å². The maximum atomic E-state index is 12.0. The molecular formula is C14H11Cl4N3O2S. The molecule has 1 heterocycles. The fraction of sp³-hybridized carbons (Fsp3) is 0.143. The molecule has 1 aromatic carbocycles. The summed E-state index contributed by atoms with van der Waals surface area (Å²) in [7, 11) is 0. The minimum atomic E-state index is -1.86. The summed E-state index contributed by atoms with van der Waals surface area (Å²) in [5.74, 6) is -0.487. The Bertz CT molecular complexity index is 719. The Kier molecular flexibility index (Phi) is 6.60. The standard InChI is InChI=1S/C14H11Cl4N3O2S/c15-8-3-1-4-9(7-8)19-13(24)21-12(14(16,17)18)20-11(22)10-5-2-6-23-10/h1-7,12H,(H,20,22)(H2,19,21,24)/t12-/m0/s1. The zero-order valence-electron chi connectivity index (χ0n) is 11.9. The van der Waals surface area contributed by atoms with E-state index in [0.717, 1.165) is 0 Å². The lowest BCUT2D eigenvalue weighted by atomic mass is 10.3. The fourth-order valence-electron chi connectivity index (χ4n) is 1.67. The van der Waals surface area contributed by atoms with Crippen LogP contribution in [0.25, 0.3) is 0 Å². The van der Waals surface area contributed by atoms with Crippen LogP contribution < -0.4 is 16.0 Å². The van der Waals surface area contributed by atoms with Crippen LogP contribution in [0.1, 0.15) is 10.6 Å². The molecule has 1 amide bonds. The van der Waals surface area contributed by atoms with Crippen LogP contribution in [0.5, 0.6) is 0 Å². The molecule has 2 aromatic rings. The zero-order valence-corrected chi connectivity index (χ0v) is 15.7. The smallest absolute Gasteiger partial charge is 0.288 e. The number of carbonyl (C=O) groups is 1. The molecule has 0 fully saturated rings. The monoisotopic (exact) mass is 425 g/mol. The van der Waals surface area contributed by atoms with Crippen molar-refractivity contribution in [3.05, 3.63) is 53.4 Å². The SMILES string of the molecule is O=C(N[C@@H](NC(=S)Nc1cccc(Cl)c1)C(Cl)(Cl)Cl)c1ccco1. The highest BCUT2D eigenvalue weighted by Crippen LogP contribution is 2.29. The number of thiocarbonyl (C=S) groups is 1. The highest BCUT2D eigenvalue weighted by molar-refractivity contribution is 7.80. The maximum Gasteiger partial charge on any atom is 0.288 e. The molecule has 0 saturated carbocycles. The molecule has 1 aromatic heterocycles. The molecule has 5 nitrogen and oxygen atoms in total. The van der Waals surface area contributed by atoms with Crippen molar-refractivity contribution in [1.82, 2.24) is 10.6 Å². The van der Waals surface area contributed by atoms with E-state index < -0.39 is 15.9 Å².